The first-order valence-electron chi connectivity index (χ1n) is 6.34. The van der Waals surface area contributed by atoms with Crippen LogP contribution in [0.3, 0.4) is 0 Å². The lowest BCUT2D eigenvalue weighted by Crippen LogP contribution is -2.25. The van der Waals surface area contributed by atoms with E-state index in [-0.39, 0.29) is 0 Å². The zero-order valence-corrected chi connectivity index (χ0v) is 12.1. The van der Waals surface area contributed by atoms with Gasteiger partial charge in [0, 0.05) is 24.2 Å². The molecule has 0 bridgehead atoms. The molecule has 5 heteroatoms. The van der Waals surface area contributed by atoms with Gasteiger partial charge in [-0.05, 0) is 30.6 Å². The van der Waals surface area contributed by atoms with Crippen molar-refractivity contribution < 1.29 is 0 Å². The molecule has 0 spiro atoms. The first kappa shape index (κ1) is 12.6. The monoisotopic (exact) mass is 289 g/mol. The Hall–Kier alpha value is -1.46. The Balaban J connectivity index is 1.77. The van der Waals surface area contributed by atoms with Gasteiger partial charge in [-0.1, -0.05) is 30.3 Å². The maximum Gasteiger partial charge on any atom is 0.195 e. The largest absolute Gasteiger partial charge is 0.358 e. The molecule has 0 amide bonds. The van der Waals surface area contributed by atoms with Crippen molar-refractivity contribution in [1.29, 1.82) is 0 Å². The van der Waals surface area contributed by atoms with Crippen LogP contribution in [-0.4, -0.2) is 15.7 Å². The molecule has 0 aliphatic heterocycles. The van der Waals surface area contributed by atoms with Gasteiger partial charge in [-0.15, -0.1) is 11.3 Å². The number of rotatable bonds is 3. The van der Waals surface area contributed by atoms with Crippen LogP contribution in [-0.2, 0) is 6.54 Å². The zero-order valence-electron chi connectivity index (χ0n) is 10.5. The predicted molar refractivity (Wildman–Crippen MR) is 82.2 cm³/mol. The average Bonchev–Trinajstić information content (AvgIpc) is 3.12. The van der Waals surface area contributed by atoms with Crippen LogP contribution < -0.4 is 10.1 Å². The second-order valence-electron chi connectivity index (χ2n) is 4.63. The van der Waals surface area contributed by atoms with E-state index < -0.39 is 0 Å². The Labute approximate surface area is 121 Å². The highest BCUT2D eigenvalue weighted by atomic mass is 32.1. The first-order chi connectivity index (χ1) is 9.31. The third-order valence-corrected chi connectivity index (χ3v) is 3.96. The van der Waals surface area contributed by atoms with Crippen molar-refractivity contribution in [2.75, 3.05) is 0 Å². The molecule has 0 saturated heterocycles. The van der Waals surface area contributed by atoms with E-state index in [0.29, 0.717) is 11.2 Å². The number of thiazole rings is 1. The van der Waals surface area contributed by atoms with Gasteiger partial charge in [0.2, 0.25) is 0 Å². The molecule has 1 fully saturated rings. The van der Waals surface area contributed by atoms with Crippen LogP contribution >= 0.6 is 23.6 Å². The Morgan fingerprint density at radius 3 is 2.89 bits per heavy atom. The van der Waals surface area contributed by atoms with E-state index in [9.17, 15) is 0 Å². The minimum Gasteiger partial charge on any atom is -0.358 e. The Morgan fingerprint density at radius 1 is 1.37 bits per heavy atom. The molecule has 1 aliphatic rings. The summed E-state index contributed by atoms with van der Waals surface area (Å²) in [6.07, 6.45) is 4.48. The van der Waals surface area contributed by atoms with Gasteiger partial charge in [0.15, 0.2) is 9.91 Å². The Kier molecular flexibility index (Phi) is 3.75. The number of hydrogen-bond donors (Lipinski definition) is 1. The van der Waals surface area contributed by atoms with E-state index in [1.54, 1.807) is 11.3 Å². The zero-order chi connectivity index (χ0) is 13.1. The SMILES string of the molecule is S=C(/N=c1/sccn1Cc1ccccc1)NC1CC1. The highest BCUT2D eigenvalue weighted by Crippen LogP contribution is 2.18. The Morgan fingerprint density at radius 2 is 2.16 bits per heavy atom. The van der Waals surface area contributed by atoms with E-state index >= 15 is 0 Å². The van der Waals surface area contributed by atoms with Gasteiger partial charge in [-0.3, -0.25) is 0 Å². The van der Waals surface area contributed by atoms with Crippen LogP contribution in [0.5, 0.6) is 0 Å². The molecule has 0 atom stereocenters. The summed E-state index contributed by atoms with van der Waals surface area (Å²) >= 11 is 6.87. The van der Waals surface area contributed by atoms with E-state index in [1.807, 2.05) is 11.4 Å². The van der Waals surface area contributed by atoms with Crippen molar-refractivity contribution in [1.82, 2.24) is 9.88 Å². The summed E-state index contributed by atoms with van der Waals surface area (Å²) in [5.74, 6) is 0. The standard InChI is InChI=1S/C14H15N3S2/c18-13(15-12-6-7-12)16-14-17(8-9-19-14)10-11-4-2-1-3-5-11/h1-5,8-9,12H,6-7,10H2,(H,15,18)/b16-14+. The molecule has 3 nitrogen and oxygen atoms in total. The number of hydrogen-bond acceptors (Lipinski definition) is 2. The van der Waals surface area contributed by atoms with Gasteiger partial charge in [-0.2, -0.15) is 4.99 Å². The second kappa shape index (κ2) is 5.67. The minimum absolute atomic E-state index is 0.554. The van der Waals surface area contributed by atoms with Gasteiger partial charge < -0.3 is 9.88 Å². The lowest BCUT2D eigenvalue weighted by Gasteiger charge is -2.04. The van der Waals surface area contributed by atoms with Crippen molar-refractivity contribution in [3.8, 4) is 0 Å². The third-order valence-electron chi connectivity index (χ3n) is 2.96. The molecular formula is C14H15N3S2. The van der Waals surface area contributed by atoms with Gasteiger partial charge in [-0.25, -0.2) is 0 Å². The summed E-state index contributed by atoms with van der Waals surface area (Å²) in [7, 11) is 0. The Bertz CT molecular complexity index is 623. The van der Waals surface area contributed by atoms with E-state index in [0.717, 1.165) is 11.3 Å². The molecule has 1 aromatic carbocycles. The predicted octanol–water partition coefficient (Wildman–Crippen LogP) is 2.54. The van der Waals surface area contributed by atoms with Crippen LogP contribution in [0.15, 0.2) is 46.9 Å². The number of aromatic nitrogens is 1. The first-order valence-corrected chi connectivity index (χ1v) is 7.63. The van der Waals surface area contributed by atoms with Crippen molar-refractivity contribution in [2.45, 2.75) is 25.4 Å². The maximum atomic E-state index is 5.26. The second-order valence-corrected chi connectivity index (χ2v) is 5.89. The summed E-state index contributed by atoms with van der Waals surface area (Å²) < 4.78 is 2.13. The molecular weight excluding hydrogens is 274 g/mol. The van der Waals surface area contributed by atoms with E-state index in [4.69, 9.17) is 12.2 Å². The van der Waals surface area contributed by atoms with Crippen molar-refractivity contribution in [3.63, 3.8) is 0 Å². The number of thiocarbonyl (C=S) groups is 1. The van der Waals surface area contributed by atoms with Gasteiger partial charge in [0.25, 0.3) is 0 Å². The topological polar surface area (TPSA) is 29.3 Å². The molecule has 0 unspecified atom stereocenters. The van der Waals surface area contributed by atoms with E-state index in [1.165, 1.54) is 18.4 Å². The van der Waals surface area contributed by atoms with Crippen molar-refractivity contribution >= 4 is 28.7 Å². The van der Waals surface area contributed by atoms with Gasteiger partial charge in [0.1, 0.15) is 0 Å². The molecule has 0 radical (unpaired) electrons. The molecule has 1 aliphatic carbocycles. The fourth-order valence-electron chi connectivity index (χ4n) is 1.81. The summed E-state index contributed by atoms with van der Waals surface area (Å²) in [5, 5.41) is 5.89. The molecule has 1 saturated carbocycles. The molecule has 1 heterocycles. The van der Waals surface area contributed by atoms with Crippen molar-refractivity contribution in [2.24, 2.45) is 4.99 Å². The lowest BCUT2D eigenvalue weighted by atomic mass is 10.2. The lowest BCUT2D eigenvalue weighted by molar-refractivity contribution is 0.769. The average molecular weight is 289 g/mol. The van der Waals surface area contributed by atoms with Crippen LogP contribution in [0.25, 0.3) is 0 Å². The van der Waals surface area contributed by atoms with Crippen LogP contribution in [0.2, 0.25) is 0 Å². The van der Waals surface area contributed by atoms with Gasteiger partial charge in [0.05, 0.1) is 0 Å². The fourth-order valence-corrected chi connectivity index (χ4v) is 2.85. The quantitative estimate of drug-likeness (QED) is 0.880. The molecule has 3 rings (SSSR count). The number of nitrogens with zero attached hydrogens (tertiary/aromatic N) is 2. The summed E-state index contributed by atoms with van der Waals surface area (Å²) in [6.45, 7) is 0.829. The van der Waals surface area contributed by atoms with Crippen LogP contribution in [0.1, 0.15) is 18.4 Å². The maximum absolute atomic E-state index is 5.26. The summed E-state index contributed by atoms with van der Waals surface area (Å²) in [5.41, 5.74) is 1.27. The van der Waals surface area contributed by atoms with Crippen LogP contribution in [0.4, 0.5) is 0 Å². The summed E-state index contributed by atoms with van der Waals surface area (Å²) in [6, 6.07) is 10.9. The number of nitrogens with one attached hydrogen (secondary N) is 1. The summed E-state index contributed by atoms with van der Waals surface area (Å²) in [4.78, 5) is 5.44. The smallest absolute Gasteiger partial charge is 0.195 e. The molecule has 19 heavy (non-hydrogen) atoms. The highest BCUT2D eigenvalue weighted by Gasteiger charge is 2.21. The van der Waals surface area contributed by atoms with E-state index in [2.05, 4.69) is 45.3 Å². The third kappa shape index (κ3) is 3.52. The fraction of sp³-hybridized carbons (Fsp3) is 0.286. The van der Waals surface area contributed by atoms with Crippen molar-refractivity contribution in [3.05, 3.63) is 52.3 Å². The molecule has 1 aromatic heterocycles. The molecule has 2 aromatic rings. The number of benzene rings is 1. The highest BCUT2D eigenvalue weighted by molar-refractivity contribution is 7.80. The molecule has 98 valence electrons. The minimum atomic E-state index is 0.554. The normalized spacial score (nSPS) is 15.5. The van der Waals surface area contributed by atoms with Gasteiger partial charge >= 0.3 is 0 Å². The van der Waals surface area contributed by atoms with Crippen LogP contribution in [0, 0.1) is 0 Å². The molecule has 1 N–H and O–H groups in total.